The molecule has 0 amide bonds. The number of nitrogens with zero attached hydrogens (tertiary/aromatic N) is 2. The molecule has 5 heteroatoms. The number of aromatic carboxylic acids is 1. The van der Waals surface area contributed by atoms with Crippen molar-refractivity contribution in [3.8, 4) is 17.9 Å². The lowest BCUT2D eigenvalue weighted by Gasteiger charge is -1.96. The molecular formula is C9H3ClN2O2. The van der Waals surface area contributed by atoms with Crippen LogP contribution in [-0.4, -0.2) is 16.1 Å². The lowest BCUT2D eigenvalue weighted by molar-refractivity contribution is 0.0690. The Labute approximate surface area is 84.8 Å². The van der Waals surface area contributed by atoms with Gasteiger partial charge < -0.3 is 5.11 Å². The first kappa shape index (κ1) is 10.0. The number of carboxylic acids is 1. The fourth-order valence-corrected chi connectivity index (χ4v) is 1.01. The quantitative estimate of drug-likeness (QED) is 0.703. The SMILES string of the molecule is N#CC#Cc1cnc(C(=O)O)c(Cl)c1. The van der Waals surface area contributed by atoms with E-state index in [9.17, 15) is 4.79 Å². The predicted molar refractivity (Wildman–Crippen MR) is 48.7 cm³/mol. The van der Waals surface area contributed by atoms with E-state index in [0.717, 1.165) is 0 Å². The molecule has 1 aromatic heterocycles. The number of carboxylic acid groups (broad SMARTS) is 1. The fraction of sp³-hybridized carbons (Fsp3) is 0. The van der Waals surface area contributed by atoms with Crippen LogP contribution in [0.1, 0.15) is 16.1 Å². The number of hydrogen-bond donors (Lipinski definition) is 1. The summed E-state index contributed by atoms with van der Waals surface area (Å²) in [7, 11) is 0. The number of nitriles is 1. The molecule has 1 heterocycles. The molecule has 1 rings (SSSR count). The molecule has 0 saturated carbocycles. The van der Waals surface area contributed by atoms with Crippen molar-refractivity contribution in [2.24, 2.45) is 0 Å². The molecular weight excluding hydrogens is 204 g/mol. The molecule has 0 spiro atoms. The molecule has 0 saturated heterocycles. The summed E-state index contributed by atoms with van der Waals surface area (Å²) in [6, 6.07) is 2.97. The van der Waals surface area contributed by atoms with Gasteiger partial charge in [0.2, 0.25) is 0 Å². The highest BCUT2D eigenvalue weighted by molar-refractivity contribution is 6.33. The zero-order chi connectivity index (χ0) is 10.6. The van der Waals surface area contributed by atoms with Gasteiger partial charge in [-0.15, -0.1) is 0 Å². The molecule has 4 nitrogen and oxygen atoms in total. The molecule has 0 unspecified atom stereocenters. The Bertz CT molecular complexity index is 480. The number of rotatable bonds is 1. The van der Waals surface area contributed by atoms with Crippen molar-refractivity contribution in [3.63, 3.8) is 0 Å². The number of carbonyl (C=O) groups is 1. The summed E-state index contributed by atoms with van der Waals surface area (Å²) in [4.78, 5) is 14.1. The standard InChI is InChI=1S/C9H3ClN2O2/c10-7-4-6(2-1-3-11)5-12-8(7)9(13)14/h4-5H,(H,13,14). The van der Waals surface area contributed by atoms with Crippen LogP contribution >= 0.6 is 11.6 Å². The summed E-state index contributed by atoms with van der Waals surface area (Å²) in [5.74, 6) is 3.40. The van der Waals surface area contributed by atoms with Crippen LogP contribution in [0.4, 0.5) is 0 Å². The lowest BCUT2D eigenvalue weighted by Crippen LogP contribution is -2.01. The summed E-state index contributed by atoms with van der Waals surface area (Å²) in [6.07, 6.45) is 1.25. The summed E-state index contributed by atoms with van der Waals surface area (Å²) in [6.45, 7) is 0. The first-order valence-corrected chi connectivity index (χ1v) is 3.82. The van der Waals surface area contributed by atoms with Crippen LogP contribution in [0, 0.1) is 23.2 Å². The molecule has 0 aliphatic heterocycles. The van der Waals surface area contributed by atoms with Gasteiger partial charge in [0.1, 0.15) is 0 Å². The van der Waals surface area contributed by atoms with E-state index in [4.69, 9.17) is 22.0 Å². The van der Waals surface area contributed by atoms with E-state index in [2.05, 4.69) is 16.8 Å². The highest BCUT2D eigenvalue weighted by Gasteiger charge is 2.09. The molecule has 0 bridgehead atoms. The van der Waals surface area contributed by atoms with Gasteiger partial charge in [-0.05, 0) is 12.0 Å². The Morgan fingerprint density at radius 2 is 2.36 bits per heavy atom. The second kappa shape index (κ2) is 4.27. The first-order valence-electron chi connectivity index (χ1n) is 3.44. The van der Waals surface area contributed by atoms with E-state index in [1.54, 1.807) is 6.07 Å². The maximum atomic E-state index is 10.5. The minimum absolute atomic E-state index is 0.00207. The average Bonchev–Trinajstić information content (AvgIpc) is 2.14. The van der Waals surface area contributed by atoms with Crippen LogP contribution in [0.2, 0.25) is 5.02 Å². The minimum Gasteiger partial charge on any atom is -0.476 e. The molecule has 0 aliphatic rings. The number of hydrogen-bond acceptors (Lipinski definition) is 3. The number of aromatic nitrogens is 1. The zero-order valence-electron chi connectivity index (χ0n) is 6.78. The van der Waals surface area contributed by atoms with Crippen molar-refractivity contribution in [1.29, 1.82) is 5.26 Å². The van der Waals surface area contributed by atoms with Gasteiger partial charge in [-0.3, -0.25) is 0 Å². The monoisotopic (exact) mass is 206 g/mol. The van der Waals surface area contributed by atoms with Gasteiger partial charge in [0.15, 0.2) is 11.8 Å². The molecule has 0 aliphatic carbocycles. The number of pyridine rings is 1. The zero-order valence-corrected chi connectivity index (χ0v) is 7.54. The molecule has 1 N–H and O–H groups in total. The highest BCUT2D eigenvalue weighted by Crippen LogP contribution is 2.14. The maximum Gasteiger partial charge on any atom is 0.356 e. The molecule has 0 aromatic carbocycles. The lowest BCUT2D eigenvalue weighted by atomic mass is 10.2. The minimum atomic E-state index is -1.20. The van der Waals surface area contributed by atoms with E-state index in [1.165, 1.54) is 12.3 Å². The van der Waals surface area contributed by atoms with E-state index in [0.29, 0.717) is 5.56 Å². The van der Waals surface area contributed by atoms with E-state index >= 15 is 0 Å². The number of halogens is 1. The van der Waals surface area contributed by atoms with Crippen LogP contribution < -0.4 is 0 Å². The normalized spacial score (nSPS) is 8.29. The molecule has 1 aromatic rings. The smallest absolute Gasteiger partial charge is 0.356 e. The Morgan fingerprint density at radius 3 is 2.86 bits per heavy atom. The molecule has 0 atom stereocenters. The largest absolute Gasteiger partial charge is 0.476 e. The second-order valence-corrected chi connectivity index (χ2v) is 2.63. The van der Waals surface area contributed by atoms with E-state index < -0.39 is 5.97 Å². The maximum absolute atomic E-state index is 10.5. The molecule has 0 fully saturated rings. The van der Waals surface area contributed by atoms with Crippen molar-refractivity contribution in [1.82, 2.24) is 4.98 Å². The van der Waals surface area contributed by atoms with Crippen LogP contribution in [0.5, 0.6) is 0 Å². The third kappa shape index (κ3) is 2.22. The highest BCUT2D eigenvalue weighted by atomic mass is 35.5. The van der Waals surface area contributed by atoms with Gasteiger partial charge in [-0.25, -0.2) is 9.78 Å². The van der Waals surface area contributed by atoms with E-state index in [-0.39, 0.29) is 10.7 Å². The van der Waals surface area contributed by atoms with Crippen molar-refractivity contribution in [3.05, 3.63) is 28.5 Å². The Hall–Kier alpha value is -2.04. The van der Waals surface area contributed by atoms with Gasteiger partial charge in [0.05, 0.1) is 5.02 Å². The van der Waals surface area contributed by atoms with Gasteiger partial charge in [0, 0.05) is 17.7 Å². The average molecular weight is 207 g/mol. The van der Waals surface area contributed by atoms with Crippen LogP contribution in [-0.2, 0) is 0 Å². The molecule has 14 heavy (non-hydrogen) atoms. The summed E-state index contributed by atoms with van der Waals surface area (Å²) in [5, 5.41) is 16.8. The third-order valence-electron chi connectivity index (χ3n) is 1.31. The Morgan fingerprint density at radius 1 is 1.64 bits per heavy atom. The van der Waals surface area contributed by atoms with Crippen LogP contribution in [0.3, 0.4) is 0 Å². The van der Waals surface area contributed by atoms with Crippen LogP contribution in [0.25, 0.3) is 0 Å². The van der Waals surface area contributed by atoms with Gasteiger partial charge in [-0.1, -0.05) is 11.6 Å². The first-order chi connectivity index (χ1) is 6.65. The molecule has 68 valence electrons. The van der Waals surface area contributed by atoms with Gasteiger partial charge in [0.25, 0.3) is 0 Å². The topological polar surface area (TPSA) is 74.0 Å². The van der Waals surface area contributed by atoms with Crippen molar-refractivity contribution in [2.75, 3.05) is 0 Å². The Kier molecular flexibility index (Phi) is 3.06. The summed E-state index contributed by atoms with van der Waals surface area (Å²) in [5.41, 5.74) is 0.177. The van der Waals surface area contributed by atoms with Gasteiger partial charge >= 0.3 is 5.97 Å². The fourth-order valence-electron chi connectivity index (χ4n) is 0.764. The van der Waals surface area contributed by atoms with Gasteiger partial charge in [-0.2, -0.15) is 5.26 Å². The Balaban J connectivity index is 3.14. The molecule has 0 radical (unpaired) electrons. The van der Waals surface area contributed by atoms with E-state index in [1.807, 2.05) is 0 Å². The van der Waals surface area contributed by atoms with Crippen molar-refractivity contribution >= 4 is 17.6 Å². The van der Waals surface area contributed by atoms with Crippen molar-refractivity contribution in [2.45, 2.75) is 0 Å². The van der Waals surface area contributed by atoms with Crippen LogP contribution in [0.15, 0.2) is 12.3 Å². The predicted octanol–water partition coefficient (Wildman–Crippen LogP) is 1.31. The van der Waals surface area contributed by atoms with Crippen molar-refractivity contribution < 1.29 is 9.90 Å². The summed E-state index contributed by atoms with van der Waals surface area (Å²) < 4.78 is 0. The third-order valence-corrected chi connectivity index (χ3v) is 1.59. The second-order valence-electron chi connectivity index (χ2n) is 2.22. The summed E-state index contributed by atoms with van der Waals surface area (Å²) >= 11 is 5.61.